The van der Waals surface area contributed by atoms with E-state index in [0.717, 1.165) is 11.4 Å². The Kier molecular flexibility index (Phi) is 5.27. The minimum absolute atomic E-state index is 0.149. The number of benzene rings is 2. The van der Waals surface area contributed by atoms with Gasteiger partial charge in [0.25, 0.3) is 5.91 Å². The molecule has 1 N–H and O–H groups in total. The number of carbonyl (C=O) groups is 1. The molecule has 0 saturated carbocycles. The van der Waals surface area contributed by atoms with Gasteiger partial charge in [0, 0.05) is 24.0 Å². The van der Waals surface area contributed by atoms with E-state index in [1.807, 2.05) is 43.3 Å². The highest BCUT2D eigenvalue weighted by atomic mass is 16.2. The molecule has 0 aliphatic carbocycles. The summed E-state index contributed by atoms with van der Waals surface area (Å²) < 4.78 is 0. The first-order valence-electron chi connectivity index (χ1n) is 8.61. The zero-order valence-electron chi connectivity index (χ0n) is 15.2. The quantitative estimate of drug-likeness (QED) is 0.739. The van der Waals surface area contributed by atoms with Crippen LogP contribution in [-0.4, -0.2) is 22.4 Å². The number of aryl methyl sites for hydroxylation is 2. The Morgan fingerprint density at radius 3 is 2.46 bits per heavy atom. The van der Waals surface area contributed by atoms with Crippen LogP contribution in [0.1, 0.15) is 28.5 Å². The second kappa shape index (κ2) is 7.78. The van der Waals surface area contributed by atoms with Gasteiger partial charge in [-0.1, -0.05) is 24.3 Å². The van der Waals surface area contributed by atoms with Crippen LogP contribution in [0.15, 0.2) is 60.9 Å². The third kappa shape index (κ3) is 3.88. The first-order valence-corrected chi connectivity index (χ1v) is 8.61. The maximum absolute atomic E-state index is 12.9. The fourth-order valence-corrected chi connectivity index (χ4v) is 2.70. The third-order valence-electron chi connectivity index (χ3n) is 4.29. The Morgan fingerprint density at radius 2 is 1.77 bits per heavy atom. The Hall–Kier alpha value is -3.21. The normalized spacial score (nSPS) is 10.4. The van der Waals surface area contributed by atoms with Crippen molar-refractivity contribution in [3.05, 3.63) is 77.7 Å². The summed E-state index contributed by atoms with van der Waals surface area (Å²) in [6.45, 7) is 6.64. The number of hydrogen-bond acceptors (Lipinski definition) is 4. The van der Waals surface area contributed by atoms with Gasteiger partial charge in [-0.25, -0.2) is 9.97 Å². The number of para-hydroxylation sites is 1. The van der Waals surface area contributed by atoms with E-state index < -0.39 is 0 Å². The van der Waals surface area contributed by atoms with E-state index in [1.165, 1.54) is 17.5 Å². The molecule has 26 heavy (non-hydrogen) atoms. The summed E-state index contributed by atoms with van der Waals surface area (Å²) in [4.78, 5) is 23.0. The van der Waals surface area contributed by atoms with Gasteiger partial charge in [0.1, 0.15) is 17.8 Å². The van der Waals surface area contributed by atoms with E-state index >= 15 is 0 Å². The van der Waals surface area contributed by atoms with E-state index in [2.05, 4.69) is 41.3 Å². The van der Waals surface area contributed by atoms with Crippen molar-refractivity contribution in [2.75, 3.05) is 16.8 Å². The van der Waals surface area contributed by atoms with E-state index in [9.17, 15) is 4.79 Å². The Labute approximate surface area is 153 Å². The molecule has 2 aromatic carbocycles. The average Bonchev–Trinajstić information content (AvgIpc) is 2.66. The van der Waals surface area contributed by atoms with Crippen LogP contribution in [0.4, 0.5) is 17.2 Å². The van der Waals surface area contributed by atoms with Crippen LogP contribution in [0.25, 0.3) is 0 Å². The van der Waals surface area contributed by atoms with Gasteiger partial charge in [0.05, 0.1) is 0 Å². The molecule has 0 aliphatic heterocycles. The molecule has 3 rings (SSSR count). The summed E-state index contributed by atoms with van der Waals surface area (Å²) in [5, 5.41) is 3.24. The van der Waals surface area contributed by atoms with Crippen LogP contribution in [0, 0.1) is 13.8 Å². The molecule has 132 valence electrons. The molecule has 1 aromatic heterocycles. The van der Waals surface area contributed by atoms with Gasteiger partial charge in [-0.05, 0) is 56.2 Å². The minimum Gasteiger partial charge on any atom is -0.340 e. The van der Waals surface area contributed by atoms with E-state index in [4.69, 9.17) is 0 Å². The molecule has 0 aliphatic rings. The van der Waals surface area contributed by atoms with Crippen LogP contribution >= 0.6 is 0 Å². The van der Waals surface area contributed by atoms with E-state index in [0.29, 0.717) is 18.1 Å². The van der Waals surface area contributed by atoms with Crippen LogP contribution in [0.2, 0.25) is 0 Å². The molecule has 0 saturated heterocycles. The van der Waals surface area contributed by atoms with Crippen molar-refractivity contribution in [1.82, 2.24) is 9.97 Å². The number of anilines is 3. The number of aromatic nitrogens is 2. The van der Waals surface area contributed by atoms with E-state index in [-0.39, 0.29) is 5.91 Å². The van der Waals surface area contributed by atoms with Crippen molar-refractivity contribution in [2.24, 2.45) is 0 Å². The van der Waals surface area contributed by atoms with Crippen LogP contribution in [0.3, 0.4) is 0 Å². The highest BCUT2D eigenvalue weighted by Gasteiger charge is 2.18. The van der Waals surface area contributed by atoms with Crippen molar-refractivity contribution < 1.29 is 4.79 Å². The van der Waals surface area contributed by atoms with Gasteiger partial charge in [-0.3, -0.25) is 4.79 Å². The van der Waals surface area contributed by atoms with Crippen LogP contribution in [-0.2, 0) is 0 Å². The van der Waals surface area contributed by atoms with Crippen molar-refractivity contribution in [1.29, 1.82) is 0 Å². The molecule has 0 atom stereocenters. The molecule has 0 bridgehead atoms. The summed E-state index contributed by atoms with van der Waals surface area (Å²) in [5.74, 6) is 0.444. The van der Waals surface area contributed by atoms with Gasteiger partial charge in [-0.2, -0.15) is 0 Å². The van der Waals surface area contributed by atoms with Gasteiger partial charge in [-0.15, -0.1) is 0 Å². The predicted octanol–water partition coefficient (Wildman–Crippen LogP) is 4.50. The first kappa shape index (κ1) is 17.6. The number of hydrogen-bond donors (Lipinski definition) is 1. The highest BCUT2D eigenvalue weighted by Crippen LogP contribution is 2.20. The van der Waals surface area contributed by atoms with Gasteiger partial charge in [0.2, 0.25) is 0 Å². The SMILES string of the molecule is CCN(C(=O)c1cc(Nc2ccc(C)c(C)c2)ncn1)c1ccccc1. The van der Waals surface area contributed by atoms with Gasteiger partial charge < -0.3 is 10.2 Å². The first-order chi connectivity index (χ1) is 12.6. The van der Waals surface area contributed by atoms with E-state index in [1.54, 1.807) is 11.0 Å². The molecule has 5 heteroatoms. The zero-order valence-corrected chi connectivity index (χ0v) is 15.2. The number of nitrogens with one attached hydrogen (secondary N) is 1. The standard InChI is InChI=1S/C21H22N4O/c1-4-25(18-8-6-5-7-9-18)21(26)19-13-20(23-14-22-19)24-17-11-10-15(2)16(3)12-17/h5-14H,4H2,1-3H3,(H,22,23,24). The fourth-order valence-electron chi connectivity index (χ4n) is 2.70. The Balaban J connectivity index is 1.84. The molecule has 3 aromatic rings. The molecule has 5 nitrogen and oxygen atoms in total. The monoisotopic (exact) mass is 346 g/mol. The summed E-state index contributed by atoms with van der Waals surface area (Å²) in [7, 11) is 0. The third-order valence-corrected chi connectivity index (χ3v) is 4.29. The zero-order chi connectivity index (χ0) is 18.5. The molecule has 0 spiro atoms. The maximum atomic E-state index is 12.9. The summed E-state index contributed by atoms with van der Waals surface area (Å²) in [5.41, 5.74) is 4.57. The number of rotatable bonds is 5. The average molecular weight is 346 g/mol. The molecular formula is C21H22N4O. The van der Waals surface area contributed by atoms with Crippen LogP contribution in [0.5, 0.6) is 0 Å². The topological polar surface area (TPSA) is 58.1 Å². The molecule has 0 fully saturated rings. The second-order valence-electron chi connectivity index (χ2n) is 6.10. The predicted molar refractivity (Wildman–Crippen MR) is 105 cm³/mol. The summed E-state index contributed by atoms with van der Waals surface area (Å²) >= 11 is 0. The summed E-state index contributed by atoms with van der Waals surface area (Å²) in [6.07, 6.45) is 1.41. The molecule has 1 heterocycles. The lowest BCUT2D eigenvalue weighted by Crippen LogP contribution is -2.31. The van der Waals surface area contributed by atoms with Crippen molar-refractivity contribution in [3.63, 3.8) is 0 Å². The van der Waals surface area contributed by atoms with Crippen molar-refractivity contribution in [3.8, 4) is 0 Å². The largest absolute Gasteiger partial charge is 0.340 e. The number of carbonyl (C=O) groups excluding carboxylic acids is 1. The smallest absolute Gasteiger partial charge is 0.277 e. The Morgan fingerprint density at radius 1 is 1.00 bits per heavy atom. The molecular weight excluding hydrogens is 324 g/mol. The molecule has 0 unspecified atom stereocenters. The number of amides is 1. The molecule has 0 radical (unpaired) electrons. The lowest BCUT2D eigenvalue weighted by atomic mass is 10.1. The lowest BCUT2D eigenvalue weighted by molar-refractivity contribution is 0.0983. The van der Waals surface area contributed by atoms with Crippen LogP contribution < -0.4 is 10.2 Å². The second-order valence-corrected chi connectivity index (χ2v) is 6.10. The van der Waals surface area contributed by atoms with Crippen molar-refractivity contribution >= 4 is 23.1 Å². The van der Waals surface area contributed by atoms with Gasteiger partial charge in [0.15, 0.2) is 0 Å². The fraction of sp³-hybridized carbons (Fsp3) is 0.190. The molecule has 1 amide bonds. The minimum atomic E-state index is -0.149. The Bertz CT molecular complexity index is 909. The van der Waals surface area contributed by atoms with Gasteiger partial charge >= 0.3 is 0 Å². The van der Waals surface area contributed by atoms with Crippen molar-refractivity contribution in [2.45, 2.75) is 20.8 Å². The highest BCUT2D eigenvalue weighted by molar-refractivity contribution is 6.05. The number of nitrogens with zero attached hydrogens (tertiary/aromatic N) is 3. The lowest BCUT2D eigenvalue weighted by Gasteiger charge is -2.20. The summed E-state index contributed by atoms with van der Waals surface area (Å²) in [6, 6.07) is 17.4. The maximum Gasteiger partial charge on any atom is 0.277 e.